The number of anilines is 1. The summed E-state index contributed by atoms with van der Waals surface area (Å²) in [4.78, 5) is 3.90. The van der Waals surface area contributed by atoms with Gasteiger partial charge in [-0.3, -0.25) is 0 Å². The fourth-order valence-corrected chi connectivity index (χ4v) is 1.58. The van der Waals surface area contributed by atoms with Crippen molar-refractivity contribution in [2.24, 2.45) is 0 Å². The Morgan fingerprint density at radius 1 is 1.47 bits per heavy atom. The number of aromatic nitrogens is 3. The van der Waals surface area contributed by atoms with Gasteiger partial charge in [-0.2, -0.15) is 5.10 Å². The largest absolute Gasteiger partial charge is 0.388 e. The Kier molecular flexibility index (Phi) is 2.87. The second-order valence-electron chi connectivity index (χ2n) is 3.14. The van der Waals surface area contributed by atoms with Crippen LogP contribution in [0.1, 0.15) is 5.56 Å². The van der Waals surface area contributed by atoms with Crippen LogP contribution < -0.4 is 5.32 Å². The highest BCUT2D eigenvalue weighted by atomic mass is 35.5. The summed E-state index contributed by atoms with van der Waals surface area (Å²) in [5.41, 5.74) is 2.14. The van der Waals surface area contributed by atoms with Crippen molar-refractivity contribution in [1.82, 2.24) is 14.8 Å². The van der Waals surface area contributed by atoms with E-state index in [0.29, 0.717) is 6.54 Å². The zero-order chi connectivity index (χ0) is 10.7. The van der Waals surface area contributed by atoms with Crippen molar-refractivity contribution in [3.8, 4) is 0 Å². The van der Waals surface area contributed by atoms with Crippen molar-refractivity contribution < 1.29 is 0 Å². The van der Waals surface area contributed by atoms with E-state index in [1.165, 1.54) is 6.33 Å². The van der Waals surface area contributed by atoms with Gasteiger partial charge in [0.05, 0.1) is 6.54 Å². The molecule has 15 heavy (non-hydrogen) atoms. The molecule has 0 aliphatic carbocycles. The molecule has 4 nitrogen and oxygen atoms in total. The van der Waals surface area contributed by atoms with E-state index in [4.69, 9.17) is 11.6 Å². The van der Waals surface area contributed by atoms with Crippen LogP contribution in [0.25, 0.3) is 0 Å². The Hall–Kier alpha value is -1.55. The van der Waals surface area contributed by atoms with Gasteiger partial charge in [0.15, 0.2) is 0 Å². The van der Waals surface area contributed by atoms with Gasteiger partial charge in [0, 0.05) is 17.8 Å². The highest BCUT2D eigenvalue weighted by Crippen LogP contribution is 2.21. The summed E-state index contributed by atoms with van der Waals surface area (Å²) in [6.45, 7) is 0.688. The molecule has 1 aromatic heterocycles. The molecular formula is C10H11ClN4. The van der Waals surface area contributed by atoms with Crippen LogP contribution in [-0.2, 0) is 6.54 Å². The van der Waals surface area contributed by atoms with Gasteiger partial charge in [-0.15, -0.1) is 0 Å². The summed E-state index contributed by atoms with van der Waals surface area (Å²) in [6.07, 6.45) is 3.21. The smallest absolute Gasteiger partial charge is 0.137 e. The number of nitrogens with zero attached hydrogens (tertiary/aromatic N) is 3. The van der Waals surface area contributed by atoms with E-state index < -0.39 is 0 Å². The normalized spacial score (nSPS) is 10.3. The second-order valence-corrected chi connectivity index (χ2v) is 3.58. The molecule has 0 saturated carbocycles. The molecule has 0 aliphatic rings. The quantitative estimate of drug-likeness (QED) is 0.864. The topological polar surface area (TPSA) is 42.7 Å². The van der Waals surface area contributed by atoms with Gasteiger partial charge >= 0.3 is 0 Å². The molecule has 0 atom stereocenters. The van der Waals surface area contributed by atoms with Crippen LogP contribution in [0.3, 0.4) is 0 Å². The second kappa shape index (κ2) is 4.31. The maximum atomic E-state index is 5.90. The number of nitrogens with one attached hydrogen (secondary N) is 1. The van der Waals surface area contributed by atoms with Crippen molar-refractivity contribution in [2.75, 3.05) is 12.4 Å². The van der Waals surface area contributed by atoms with E-state index in [2.05, 4.69) is 15.4 Å². The number of benzene rings is 1. The van der Waals surface area contributed by atoms with Crippen molar-refractivity contribution in [3.05, 3.63) is 41.4 Å². The van der Waals surface area contributed by atoms with Crippen LogP contribution >= 0.6 is 11.6 Å². The van der Waals surface area contributed by atoms with Crippen LogP contribution in [0.15, 0.2) is 30.9 Å². The van der Waals surface area contributed by atoms with Crippen molar-refractivity contribution in [3.63, 3.8) is 0 Å². The molecule has 1 aromatic carbocycles. The summed E-state index contributed by atoms with van der Waals surface area (Å²) in [7, 11) is 1.87. The van der Waals surface area contributed by atoms with E-state index in [-0.39, 0.29) is 0 Å². The third kappa shape index (κ3) is 2.27. The summed E-state index contributed by atoms with van der Waals surface area (Å²) in [5, 5.41) is 7.88. The molecule has 0 fully saturated rings. The molecule has 0 spiro atoms. The van der Waals surface area contributed by atoms with E-state index in [9.17, 15) is 0 Å². The third-order valence-electron chi connectivity index (χ3n) is 2.14. The summed E-state index contributed by atoms with van der Waals surface area (Å²) < 4.78 is 1.77. The van der Waals surface area contributed by atoms with Gasteiger partial charge in [0.1, 0.15) is 12.7 Å². The van der Waals surface area contributed by atoms with Gasteiger partial charge in [0.25, 0.3) is 0 Å². The number of hydrogen-bond donors (Lipinski definition) is 1. The molecule has 0 aliphatic heterocycles. The Labute approximate surface area is 92.9 Å². The Morgan fingerprint density at radius 2 is 2.33 bits per heavy atom. The lowest BCUT2D eigenvalue weighted by atomic mass is 10.2. The van der Waals surface area contributed by atoms with Gasteiger partial charge in [0.2, 0.25) is 0 Å². The molecule has 0 bridgehead atoms. The average Bonchev–Trinajstić information content (AvgIpc) is 2.73. The highest BCUT2D eigenvalue weighted by molar-refractivity contribution is 6.30. The molecule has 0 unspecified atom stereocenters. The van der Waals surface area contributed by atoms with Gasteiger partial charge in [-0.05, 0) is 17.7 Å². The lowest BCUT2D eigenvalue weighted by Gasteiger charge is -2.09. The van der Waals surface area contributed by atoms with Gasteiger partial charge in [-0.1, -0.05) is 17.7 Å². The van der Waals surface area contributed by atoms with Crippen molar-refractivity contribution in [1.29, 1.82) is 0 Å². The summed E-state index contributed by atoms with van der Waals surface area (Å²) >= 11 is 5.90. The predicted molar refractivity (Wildman–Crippen MR) is 60.1 cm³/mol. The fraction of sp³-hybridized carbons (Fsp3) is 0.200. The minimum atomic E-state index is 0.688. The Bertz CT molecular complexity index is 439. The molecule has 0 radical (unpaired) electrons. The van der Waals surface area contributed by atoms with Crippen LogP contribution in [0.4, 0.5) is 5.69 Å². The summed E-state index contributed by atoms with van der Waals surface area (Å²) in [5.74, 6) is 0. The Balaban J connectivity index is 2.28. The first-order valence-electron chi connectivity index (χ1n) is 4.58. The molecule has 78 valence electrons. The molecule has 2 aromatic rings. The molecule has 5 heteroatoms. The van der Waals surface area contributed by atoms with Crippen molar-refractivity contribution in [2.45, 2.75) is 6.54 Å². The maximum absolute atomic E-state index is 5.90. The zero-order valence-electron chi connectivity index (χ0n) is 8.31. The molecule has 1 heterocycles. The van der Waals surface area contributed by atoms with Gasteiger partial charge < -0.3 is 5.32 Å². The van der Waals surface area contributed by atoms with E-state index in [1.807, 2.05) is 25.2 Å². The third-order valence-corrected chi connectivity index (χ3v) is 2.38. The minimum Gasteiger partial charge on any atom is -0.388 e. The van der Waals surface area contributed by atoms with Crippen LogP contribution in [0.2, 0.25) is 5.02 Å². The average molecular weight is 223 g/mol. The first-order valence-corrected chi connectivity index (χ1v) is 4.96. The molecule has 2 rings (SSSR count). The number of halogens is 1. The van der Waals surface area contributed by atoms with Crippen molar-refractivity contribution >= 4 is 17.3 Å². The van der Waals surface area contributed by atoms with Gasteiger partial charge in [-0.25, -0.2) is 9.67 Å². The number of rotatable bonds is 3. The standard InChI is InChI=1S/C10H11ClN4/c1-12-10-4-9(11)3-2-8(10)5-15-7-13-6-14-15/h2-4,6-7,12H,5H2,1H3. The van der Waals surface area contributed by atoms with E-state index in [0.717, 1.165) is 16.3 Å². The molecular weight excluding hydrogens is 212 g/mol. The van der Waals surface area contributed by atoms with Crippen LogP contribution in [0, 0.1) is 0 Å². The first kappa shape index (κ1) is 9.98. The van der Waals surface area contributed by atoms with Crippen LogP contribution in [-0.4, -0.2) is 21.8 Å². The lowest BCUT2D eigenvalue weighted by Crippen LogP contribution is -2.03. The fourth-order valence-electron chi connectivity index (χ4n) is 1.41. The molecule has 0 saturated heterocycles. The maximum Gasteiger partial charge on any atom is 0.137 e. The molecule has 0 amide bonds. The highest BCUT2D eigenvalue weighted by Gasteiger charge is 2.02. The van der Waals surface area contributed by atoms with E-state index >= 15 is 0 Å². The number of hydrogen-bond acceptors (Lipinski definition) is 3. The Morgan fingerprint density at radius 3 is 3.00 bits per heavy atom. The molecule has 1 N–H and O–H groups in total. The first-order chi connectivity index (χ1) is 7.29. The minimum absolute atomic E-state index is 0.688. The monoisotopic (exact) mass is 222 g/mol. The lowest BCUT2D eigenvalue weighted by molar-refractivity contribution is 0.686. The van der Waals surface area contributed by atoms with E-state index in [1.54, 1.807) is 11.0 Å². The van der Waals surface area contributed by atoms with Crippen LogP contribution in [0.5, 0.6) is 0 Å². The SMILES string of the molecule is CNc1cc(Cl)ccc1Cn1cncn1. The zero-order valence-corrected chi connectivity index (χ0v) is 9.07. The summed E-state index contributed by atoms with van der Waals surface area (Å²) in [6, 6.07) is 5.75. The predicted octanol–water partition coefficient (Wildman–Crippen LogP) is 2.02.